The van der Waals surface area contributed by atoms with E-state index in [4.69, 9.17) is 5.11 Å². The van der Waals surface area contributed by atoms with Crippen LogP contribution in [0.1, 0.15) is 16.8 Å². The molecule has 1 atom stereocenters. The van der Waals surface area contributed by atoms with Crippen molar-refractivity contribution in [3.05, 3.63) is 68.6 Å². The summed E-state index contributed by atoms with van der Waals surface area (Å²) in [7, 11) is 1.49. The highest BCUT2D eigenvalue weighted by Crippen LogP contribution is 2.35. The summed E-state index contributed by atoms with van der Waals surface area (Å²) >= 11 is 0. The molecule has 0 saturated carbocycles. The van der Waals surface area contributed by atoms with Crippen molar-refractivity contribution in [1.29, 1.82) is 0 Å². The van der Waals surface area contributed by atoms with E-state index in [1.54, 1.807) is 30.3 Å². The zero-order valence-corrected chi connectivity index (χ0v) is 21.0. The molecule has 196 valence electrons. The van der Waals surface area contributed by atoms with Gasteiger partial charge in [-0.05, 0) is 6.42 Å². The van der Waals surface area contributed by atoms with E-state index in [0.29, 0.717) is 24.0 Å². The molecule has 2 aliphatic heterocycles. The molecule has 3 aromatic rings. The molecule has 0 aliphatic carbocycles. The van der Waals surface area contributed by atoms with Crippen LogP contribution >= 0.6 is 12.4 Å². The summed E-state index contributed by atoms with van der Waals surface area (Å²) in [6, 6.07) is 8.43. The second-order valence-corrected chi connectivity index (χ2v) is 8.88. The van der Waals surface area contributed by atoms with Gasteiger partial charge in [0.05, 0.1) is 13.2 Å². The summed E-state index contributed by atoms with van der Waals surface area (Å²) in [4.78, 5) is 58.9. The van der Waals surface area contributed by atoms with Crippen LogP contribution in [0.4, 0.5) is 5.95 Å². The molecule has 0 radical (unpaired) electrons. The van der Waals surface area contributed by atoms with Crippen molar-refractivity contribution < 1.29 is 14.7 Å². The van der Waals surface area contributed by atoms with E-state index in [-0.39, 0.29) is 49.1 Å². The van der Waals surface area contributed by atoms with Gasteiger partial charge in [0.25, 0.3) is 5.56 Å². The van der Waals surface area contributed by atoms with Crippen LogP contribution in [-0.4, -0.2) is 61.7 Å². The first-order chi connectivity index (χ1) is 17.4. The van der Waals surface area contributed by atoms with Crippen molar-refractivity contribution >= 4 is 41.2 Å². The first-order valence-corrected chi connectivity index (χ1v) is 11.8. The number of halogens is 1. The third-order valence-electron chi connectivity index (χ3n) is 6.63. The third-order valence-corrected chi connectivity index (χ3v) is 6.63. The normalized spacial score (nSPS) is 16.2. The molecule has 0 spiro atoms. The predicted octanol–water partition coefficient (Wildman–Crippen LogP) is -0.419. The fourth-order valence-electron chi connectivity index (χ4n) is 4.82. The number of carbonyl (C=O) groups excluding carboxylic acids is 2. The van der Waals surface area contributed by atoms with Crippen molar-refractivity contribution in [2.24, 2.45) is 13.0 Å². The van der Waals surface area contributed by atoms with Gasteiger partial charge in [-0.25, -0.2) is 4.79 Å². The molecule has 2 aliphatic rings. The average Bonchev–Trinajstić information content (AvgIpc) is 3.59. The van der Waals surface area contributed by atoms with E-state index in [0.717, 1.165) is 23.2 Å². The van der Waals surface area contributed by atoms with Crippen LogP contribution in [0.2, 0.25) is 0 Å². The van der Waals surface area contributed by atoms with Crippen molar-refractivity contribution in [2.45, 2.75) is 19.5 Å². The Morgan fingerprint density at radius 3 is 2.65 bits per heavy atom. The number of Topliss-reactive ketones (excluding diaryl/α,β-unsaturated/α-hetero) is 1. The highest BCUT2D eigenvalue weighted by atomic mass is 35.5. The first kappa shape index (κ1) is 26.2. The summed E-state index contributed by atoms with van der Waals surface area (Å²) in [6.07, 6.45) is 2.79. The van der Waals surface area contributed by atoms with Gasteiger partial charge in [-0.15, -0.1) is 12.4 Å². The van der Waals surface area contributed by atoms with Gasteiger partial charge in [0.1, 0.15) is 6.54 Å². The quantitative estimate of drug-likeness (QED) is 0.334. The molecule has 4 heterocycles. The molecule has 1 fully saturated rings. The summed E-state index contributed by atoms with van der Waals surface area (Å²) < 4.78 is 3.61. The zero-order valence-electron chi connectivity index (χ0n) is 20.2. The Kier molecular flexibility index (Phi) is 7.50. The molecule has 0 bridgehead atoms. The van der Waals surface area contributed by atoms with Gasteiger partial charge >= 0.3 is 5.69 Å². The Balaban J connectivity index is 0.00000320. The van der Waals surface area contributed by atoms with Crippen LogP contribution in [-0.2, 0) is 24.9 Å². The largest absolute Gasteiger partial charge is 0.395 e. The zero-order chi connectivity index (χ0) is 25.4. The molecule has 3 N–H and O–H groups in total. The molecule has 37 heavy (non-hydrogen) atoms. The van der Waals surface area contributed by atoms with Gasteiger partial charge in [0.15, 0.2) is 16.9 Å². The Bertz CT molecular complexity index is 1490. The molecule has 2 aromatic heterocycles. The molecule has 1 unspecified atom stereocenters. The Morgan fingerprint density at radius 1 is 1.16 bits per heavy atom. The predicted molar refractivity (Wildman–Crippen MR) is 139 cm³/mol. The summed E-state index contributed by atoms with van der Waals surface area (Å²) in [5, 5.41) is 14.9. The number of anilines is 1. The van der Waals surface area contributed by atoms with E-state index in [1.165, 1.54) is 16.2 Å². The SMILES string of the molecule is Cl.Cn1c(=O)n(CC(=O)c2ccccc2)c(=O)c2c1nc(N1CCC3CNC=C31)n2CC(=O)NCCO. The molecular formula is C24H28ClN7O5. The highest BCUT2D eigenvalue weighted by molar-refractivity contribution is 5.96. The Morgan fingerprint density at radius 2 is 1.92 bits per heavy atom. The van der Waals surface area contributed by atoms with Crippen LogP contribution in [0.25, 0.3) is 11.2 Å². The van der Waals surface area contributed by atoms with Crippen molar-refractivity contribution in [1.82, 2.24) is 29.3 Å². The molecule has 1 saturated heterocycles. The van der Waals surface area contributed by atoms with Gasteiger partial charge in [-0.3, -0.25) is 28.1 Å². The fourth-order valence-corrected chi connectivity index (χ4v) is 4.82. The lowest BCUT2D eigenvalue weighted by Crippen LogP contribution is -2.41. The maximum Gasteiger partial charge on any atom is 0.332 e. The Labute approximate surface area is 217 Å². The van der Waals surface area contributed by atoms with Gasteiger partial charge in [-0.2, -0.15) is 4.98 Å². The lowest BCUT2D eigenvalue weighted by molar-refractivity contribution is -0.121. The van der Waals surface area contributed by atoms with Crippen molar-refractivity contribution in [3.63, 3.8) is 0 Å². The molecular weight excluding hydrogens is 502 g/mol. The minimum atomic E-state index is -0.694. The van der Waals surface area contributed by atoms with Gasteiger partial charge in [0.2, 0.25) is 11.9 Å². The molecule has 1 amide bonds. The molecule has 5 rings (SSSR count). The highest BCUT2D eigenvalue weighted by Gasteiger charge is 2.35. The number of carbonyl (C=O) groups is 2. The van der Waals surface area contributed by atoms with Crippen LogP contribution < -0.4 is 26.8 Å². The topological polar surface area (TPSA) is 143 Å². The molecule has 13 heteroatoms. The number of ketones is 1. The number of benzene rings is 1. The molecule has 12 nitrogen and oxygen atoms in total. The number of rotatable bonds is 8. The Hall–Kier alpha value is -3.90. The number of aliphatic hydroxyl groups excluding tert-OH is 1. The van der Waals surface area contributed by atoms with Crippen LogP contribution in [0, 0.1) is 5.92 Å². The lowest BCUT2D eigenvalue weighted by atomic mass is 10.1. The maximum atomic E-state index is 13.7. The van der Waals surface area contributed by atoms with Crippen molar-refractivity contribution in [3.8, 4) is 0 Å². The average molecular weight is 530 g/mol. The number of nitrogens with zero attached hydrogens (tertiary/aromatic N) is 5. The number of imidazole rings is 1. The number of aryl methyl sites for hydroxylation is 1. The standard InChI is InChI=1S/C24H27N7O5.ClH/c1-28-21-20(22(35)31(24(28)36)13-18(33)15-5-3-2-4-6-15)30(14-19(34)26-8-10-32)23(27-21)29-9-7-16-11-25-12-17(16)29;/h2-6,12,16,25,32H,7-11,13-14H2,1H3,(H,26,34);1H. The fraction of sp³-hybridized carbons (Fsp3) is 0.375. The van der Waals surface area contributed by atoms with Crippen LogP contribution in [0.5, 0.6) is 0 Å². The van der Waals surface area contributed by atoms with E-state index < -0.39 is 23.7 Å². The first-order valence-electron chi connectivity index (χ1n) is 11.8. The summed E-state index contributed by atoms with van der Waals surface area (Å²) in [6.45, 7) is 0.607. The number of amides is 1. The number of aromatic nitrogens is 4. The van der Waals surface area contributed by atoms with E-state index in [2.05, 4.69) is 15.6 Å². The maximum absolute atomic E-state index is 13.7. The smallest absolute Gasteiger partial charge is 0.332 e. The monoisotopic (exact) mass is 529 g/mol. The van der Waals surface area contributed by atoms with Crippen molar-refractivity contribution in [2.75, 3.05) is 31.1 Å². The number of nitrogens with one attached hydrogen (secondary N) is 2. The number of hydrogen-bond acceptors (Lipinski definition) is 8. The number of fused-ring (bicyclic) bond motifs is 2. The minimum Gasteiger partial charge on any atom is -0.395 e. The summed E-state index contributed by atoms with van der Waals surface area (Å²) in [5.74, 6) is -0.129. The van der Waals surface area contributed by atoms with E-state index in [9.17, 15) is 19.2 Å². The van der Waals surface area contributed by atoms with Gasteiger partial charge < -0.3 is 20.6 Å². The van der Waals surface area contributed by atoms with Gasteiger partial charge in [0, 0.05) is 50.1 Å². The number of hydrogen-bond donors (Lipinski definition) is 3. The van der Waals surface area contributed by atoms with Gasteiger partial charge in [-0.1, -0.05) is 30.3 Å². The molecule has 1 aromatic carbocycles. The van der Waals surface area contributed by atoms with E-state index in [1.807, 2.05) is 11.1 Å². The van der Waals surface area contributed by atoms with E-state index >= 15 is 0 Å². The van der Waals surface area contributed by atoms with Crippen LogP contribution in [0.15, 0.2) is 51.8 Å². The lowest BCUT2D eigenvalue weighted by Gasteiger charge is -2.20. The third kappa shape index (κ3) is 4.65. The second kappa shape index (κ2) is 10.6. The summed E-state index contributed by atoms with van der Waals surface area (Å²) in [5.41, 5.74) is 0.217. The number of aliphatic hydroxyl groups is 1. The second-order valence-electron chi connectivity index (χ2n) is 8.88. The van der Waals surface area contributed by atoms with Crippen LogP contribution in [0.3, 0.4) is 0 Å². The minimum absolute atomic E-state index is 0.